The van der Waals surface area contributed by atoms with Crippen LogP contribution in [0.3, 0.4) is 0 Å². The van der Waals surface area contributed by atoms with Gasteiger partial charge in [-0.15, -0.1) is 0 Å². The molecular weight excluding hydrogens is 316 g/mol. The molecule has 0 heterocycles. The lowest BCUT2D eigenvalue weighted by molar-refractivity contribution is -0.183. The van der Waals surface area contributed by atoms with Crippen LogP contribution in [0.5, 0.6) is 0 Å². The Hall–Kier alpha value is -1.06. The van der Waals surface area contributed by atoms with E-state index in [2.05, 4.69) is 20.8 Å². The van der Waals surface area contributed by atoms with Gasteiger partial charge in [0.25, 0.3) is 0 Å². The second-order valence-electron chi connectivity index (χ2n) is 9.40. The van der Waals surface area contributed by atoms with Gasteiger partial charge in [0, 0.05) is 0 Å². The fraction of sp³-hybridized carbons (Fsp3) is 0.905. The molecule has 0 amide bonds. The topological polar surface area (TPSA) is 74.6 Å². The highest BCUT2D eigenvalue weighted by Gasteiger charge is 2.61. The maximum atomic E-state index is 12.6. The third kappa shape index (κ3) is 5.46. The second kappa shape index (κ2) is 9.05. The Morgan fingerprint density at radius 3 is 1.76 bits per heavy atom. The van der Waals surface area contributed by atoms with Crippen molar-refractivity contribution in [1.82, 2.24) is 0 Å². The molecule has 4 nitrogen and oxygen atoms in total. The molecule has 4 heteroatoms. The Balaban J connectivity index is 6.36. The lowest BCUT2D eigenvalue weighted by Gasteiger charge is -2.49. The van der Waals surface area contributed by atoms with Crippen LogP contribution in [-0.4, -0.2) is 22.2 Å². The largest absolute Gasteiger partial charge is 0.481 e. The van der Waals surface area contributed by atoms with E-state index in [1.54, 1.807) is 6.92 Å². The molecule has 4 unspecified atom stereocenters. The lowest BCUT2D eigenvalue weighted by Crippen LogP contribution is -2.55. The molecule has 0 aromatic heterocycles. The Kier molecular flexibility index (Phi) is 8.66. The third-order valence-electron chi connectivity index (χ3n) is 5.98. The fourth-order valence-electron chi connectivity index (χ4n) is 4.47. The summed E-state index contributed by atoms with van der Waals surface area (Å²) in [5.74, 6) is -1.98. The molecule has 0 rings (SSSR count). The van der Waals surface area contributed by atoms with E-state index in [1.165, 1.54) is 0 Å². The first-order valence-electron chi connectivity index (χ1n) is 9.75. The maximum Gasteiger partial charge on any atom is 0.311 e. The van der Waals surface area contributed by atoms with Gasteiger partial charge in [0.05, 0.1) is 10.8 Å². The monoisotopic (exact) mass is 356 g/mol. The van der Waals surface area contributed by atoms with E-state index in [4.69, 9.17) is 0 Å². The minimum absolute atomic E-state index is 0.0535. The molecule has 0 saturated heterocycles. The molecule has 2 N–H and O–H groups in total. The van der Waals surface area contributed by atoms with Crippen molar-refractivity contribution in [2.24, 2.45) is 28.1 Å². The van der Waals surface area contributed by atoms with E-state index in [0.29, 0.717) is 19.3 Å². The van der Waals surface area contributed by atoms with Crippen molar-refractivity contribution in [3.63, 3.8) is 0 Å². The first-order valence-corrected chi connectivity index (χ1v) is 9.75. The summed E-state index contributed by atoms with van der Waals surface area (Å²) in [6.45, 7) is 15.9. The smallest absolute Gasteiger partial charge is 0.311 e. The van der Waals surface area contributed by atoms with Gasteiger partial charge in [-0.2, -0.15) is 0 Å². The first kappa shape index (κ1) is 23.9. The van der Waals surface area contributed by atoms with Gasteiger partial charge >= 0.3 is 11.9 Å². The Morgan fingerprint density at radius 1 is 0.920 bits per heavy atom. The third-order valence-corrected chi connectivity index (χ3v) is 5.98. The van der Waals surface area contributed by atoms with Crippen molar-refractivity contribution in [3.05, 3.63) is 0 Å². The standard InChI is InChI=1S/C21H40O4/c1-9-11-12-21(18(24)25,16(4)14-19(5,6)7)20(8,17(22)23)13-15(3)10-2/h15-16H,9-14H2,1-8H3,(H,22,23)(H,24,25). The van der Waals surface area contributed by atoms with E-state index >= 15 is 0 Å². The maximum absolute atomic E-state index is 12.6. The van der Waals surface area contributed by atoms with Gasteiger partial charge in [0.15, 0.2) is 0 Å². The molecule has 0 aromatic carbocycles. The molecule has 25 heavy (non-hydrogen) atoms. The number of hydrogen-bond donors (Lipinski definition) is 2. The number of aliphatic carboxylic acids is 2. The zero-order valence-electron chi connectivity index (χ0n) is 17.6. The van der Waals surface area contributed by atoms with Crippen molar-refractivity contribution in [1.29, 1.82) is 0 Å². The molecule has 0 aliphatic rings. The van der Waals surface area contributed by atoms with Gasteiger partial charge in [-0.1, -0.05) is 67.7 Å². The van der Waals surface area contributed by atoms with Gasteiger partial charge in [-0.3, -0.25) is 9.59 Å². The van der Waals surface area contributed by atoms with Crippen LogP contribution in [0.15, 0.2) is 0 Å². The second-order valence-corrected chi connectivity index (χ2v) is 9.40. The molecule has 4 atom stereocenters. The predicted octanol–water partition coefficient (Wildman–Crippen LogP) is 5.85. The SMILES string of the molecule is CCCCC(C(=O)O)(C(C)CC(C)(C)C)C(C)(CC(C)CC)C(=O)O. The van der Waals surface area contributed by atoms with Crippen molar-refractivity contribution in [3.8, 4) is 0 Å². The molecule has 0 aromatic rings. The van der Waals surface area contributed by atoms with Crippen LogP contribution in [0, 0.1) is 28.1 Å². The van der Waals surface area contributed by atoms with Crippen LogP contribution < -0.4 is 0 Å². The molecule has 0 spiro atoms. The molecule has 0 radical (unpaired) electrons. The average Bonchev–Trinajstić information content (AvgIpc) is 2.45. The number of hydrogen-bond acceptors (Lipinski definition) is 2. The highest BCUT2D eigenvalue weighted by Crippen LogP contribution is 2.55. The summed E-state index contributed by atoms with van der Waals surface area (Å²) >= 11 is 0. The van der Waals surface area contributed by atoms with E-state index in [0.717, 1.165) is 19.3 Å². The fourth-order valence-corrected chi connectivity index (χ4v) is 4.47. The van der Waals surface area contributed by atoms with Crippen LogP contribution in [0.2, 0.25) is 0 Å². The summed E-state index contributed by atoms with van der Waals surface area (Å²) < 4.78 is 0. The molecule has 0 bridgehead atoms. The van der Waals surface area contributed by atoms with Crippen LogP contribution in [0.4, 0.5) is 0 Å². The van der Waals surface area contributed by atoms with E-state index < -0.39 is 22.8 Å². The predicted molar refractivity (Wildman–Crippen MR) is 103 cm³/mol. The van der Waals surface area contributed by atoms with Gasteiger partial charge in [-0.25, -0.2) is 0 Å². The summed E-state index contributed by atoms with van der Waals surface area (Å²) in [5.41, 5.74) is -2.60. The highest BCUT2D eigenvalue weighted by molar-refractivity contribution is 5.86. The average molecular weight is 357 g/mol. The van der Waals surface area contributed by atoms with Gasteiger partial charge < -0.3 is 10.2 Å². The molecule has 0 aliphatic carbocycles. The molecule has 0 fully saturated rings. The van der Waals surface area contributed by atoms with Crippen LogP contribution >= 0.6 is 0 Å². The number of unbranched alkanes of at least 4 members (excludes halogenated alkanes) is 1. The Morgan fingerprint density at radius 2 is 1.44 bits per heavy atom. The van der Waals surface area contributed by atoms with E-state index in [-0.39, 0.29) is 17.3 Å². The van der Waals surface area contributed by atoms with Crippen molar-refractivity contribution in [2.75, 3.05) is 0 Å². The van der Waals surface area contributed by atoms with Crippen LogP contribution in [0.1, 0.15) is 93.9 Å². The van der Waals surface area contributed by atoms with Crippen molar-refractivity contribution in [2.45, 2.75) is 93.9 Å². The number of carbonyl (C=O) groups is 2. The van der Waals surface area contributed by atoms with Crippen molar-refractivity contribution < 1.29 is 19.8 Å². The minimum atomic E-state index is -1.28. The summed E-state index contributed by atoms with van der Waals surface area (Å²) in [4.78, 5) is 25.0. The summed E-state index contributed by atoms with van der Waals surface area (Å²) in [7, 11) is 0. The highest BCUT2D eigenvalue weighted by atomic mass is 16.4. The number of carboxylic acids is 2. The van der Waals surface area contributed by atoms with E-state index in [9.17, 15) is 19.8 Å². The van der Waals surface area contributed by atoms with Crippen molar-refractivity contribution >= 4 is 11.9 Å². The number of carboxylic acid groups (broad SMARTS) is 2. The van der Waals surface area contributed by atoms with Crippen LogP contribution in [0.25, 0.3) is 0 Å². The van der Waals surface area contributed by atoms with Crippen LogP contribution in [-0.2, 0) is 9.59 Å². The molecular formula is C21H40O4. The summed E-state index contributed by atoms with van der Waals surface area (Å²) in [6, 6.07) is 0. The Bertz CT molecular complexity index is 451. The van der Waals surface area contributed by atoms with Gasteiger partial charge in [-0.05, 0) is 43.4 Å². The van der Waals surface area contributed by atoms with E-state index in [1.807, 2.05) is 27.7 Å². The summed E-state index contributed by atoms with van der Waals surface area (Å²) in [5, 5.41) is 20.5. The van der Waals surface area contributed by atoms with Gasteiger partial charge in [0.2, 0.25) is 0 Å². The zero-order valence-corrected chi connectivity index (χ0v) is 17.6. The molecule has 0 aliphatic heterocycles. The normalized spacial score (nSPS) is 19.5. The Labute approximate surface area is 154 Å². The number of rotatable bonds is 11. The van der Waals surface area contributed by atoms with Gasteiger partial charge in [0.1, 0.15) is 0 Å². The quantitative estimate of drug-likeness (QED) is 0.487. The lowest BCUT2D eigenvalue weighted by atomic mass is 9.52. The summed E-state index contributed by atoms with van der Waals surface area (Å²) in [6.07, 6.45) is 3.92. The zero-order chi connectivity index (χ0) is 20.1. The molecule has 148 valence electrons. The molecule has 0 saturated carbocycles. The minimum Gasteiger partial charge on any atom is -0.481 e. The first-order chi connectivity index (χ1) is 11.3.